The molecule has 7 nitrogen and oxygen atoms in total. The van der Waals surface area contributed by atoms with Crippen molar-refractivity contribution < 1.29 is 19.1 Å². The van der Waals surface area contributed by atoms with Gasteiger partial charge in [0.05, 0.1) is 25.8 Å². The molecule has 7 heteroatoms. The molecule has 1 unspecified atom stereocenters. The van der Waals surface area contributed by atoms with Crippen LogP contribution < -0.4 is 20.1 Å². The van der Waals surface area contributed by atoms with E-state index < -0.39 is 0 Å². The molecule has 1 atom stereocenters. The van der Waals surface area contributed by atoms with Crippen LogP contribution in [0.15, 0.2) is 48.5 Å². The Labute approximate surface area is 190 Å². The van der Waals surface area contributed by atoms with Crippen molar-refractivity contribution in [3.05, 3.63) is 59.7 Å². The van der Waals surface area contributed by atoms with E-state index >= 15 is 0 Å². The third-order valence-electron chi connectivity index (χ3n) is 5.81. The number of amides is 2. The summed E-state index contributed by atoms with van der Waals surface area (Å²) in [4.78, 5) is 27.3. The zero-order valence-electron chi connectivity index (χ0n) is 18.9. The number of methoxy groups -OCH3 is 2. The summed E-state index contributed by atoms with van der Waals surface area (Å²) < 4.78 is 10.5. The smallest absolute Gasteiger partial charge is 0.255 e. The maximum atomic E-state index is 12.5. The van der Waals surface area contributed by atoms with Gasteiger partial charge in [0.1, 0.15) is 11.5 Å². The lowest BCUT2D eigenvalue weighted by molar-refractivity contribution is -0.121. The third kappa shape index (κ3) is 6.47. The lowest BCUT2D eigenvalue weighted by atomic mass is 10.0. The number of ether oxygens (including phenoxy) is 2. The number of carbonyl (C=O) groups is 2. The van der Waals surface area contributed by atoms with Gasteiger partial charge in [-0.2, -0.15) is 0 Å². The van der Waals surface area contributed by atoms with Gasteiger partial charge in [-0.25, -0.2) is 0 Å². The van der Waals surface area contributed by atoms with Crippen molar-refractivity contribution in [3.8, 4) is 11.5 Å². The van der Waals surface area contributed by atoms with Crippen LogP contribution in [0.1, 0.15) is 47.6 Å². The van der Waals surface area contributed by atoms with Crippen LogP contribution >= 0.6 is 0 Å². The van der Waals surface area contributed by atoms with Crippen molar-refractivity contribution >= 4 is 11.8 Å². The van der Waals surface area contributed by atoms with E-state index in [1.54, 1.807) is 25.3 Å². The summed E-state index contributed by atoms with van der Waals surface area (Å²) in [5.74, 6) is 1.000. The van der Waals surface area contributed by atoms with Gasteiger partial charge in [0.25, 0.3) is 5.91 Å². The second-order valence-corrected chi connectivity index (χ2v) is 7.90. The Kier molecular flexibility index (Phi) is 8.92. The van der Waals surface area contributed by atoms with E-state index in [0.29, 0.717) is 17.9 Å². The molecule has 2 aromatic rings. The number of rotatable bonds is 10. The summed E-state index contributed by atoms with van der Waals surface area (Å²) in [6.45, 7) is 2.86. The van der Waals surface area contributed by atoms with Crippen LogP contribution in [0.25, 0.3) is 0 Å². The number of para-hydroxylation sites is 1. The van der Waals surface area contributed by atoms with Gasteiger partial charge >= 0.3 is 0 Å². The first-order valence-electron chi connectivity index (χ1n) is 11.2. The van der Waals surface area contributed by atoms with Crippen LogP contribution in [-0.2, 0) is 4.79 Å². The molecule has 172 valence electrons. The molecule has 2 N–H and O–H groups in total. The largest absolute Gasteiger partial charge is 0.497 e. The average molecular weight is 440 g/mol. The molecule has 32 heavy (non-hydrogen) atoms. The molecule has 2 amide bonds. The minimum atomic E-state index is -0.250. The van der Waals surface area contributed by atoms with Crippen molar-refractivity contribution in [1.29, 1.82) is 0 Å². The molecule has 0 aromatic heterocycles. The van der Waals surface area contributed by atoms with Crippen molar-refractivity contribution in [2.75, 3.05) is 40.4 Å². The SMILES string of the molecule is COc1ccc(C(CNC(=O)CCNC(=O)c2ccccc2OC)N2CCCCC2)cc1. The van der Waals surface area contributed by atoms with Crippen LogP contribution in [0.5, 0.6) is 11.5 Å². The molecular weight excluding hydrogens is 406 g/mol. The molecule has 1 heterocycles. The van der Waals surface area contributed by atoms with Crippen LogP contribution in [0.4, 0.5) is 0 Å². The minimum Gasteiger partial charge on any atom is -0.497 e. The highest BCUT2D eigenvalue weighted by Gasteiger charge is 2.23. The molecule has 0 bridgehead atoms. The minimum absolute atomic E-state index is 0.0825. The van der Waals surface area contributed by atoms with E-state index in [4.69, 9.17) is 9.47 Å². The van der Waals surface area contributed by atoms with Gasteiger partial charge in [0, 0.05) is 19.5 Å². The molecule has 0 saturated carbocycles. The standard InChI is InChI=1S/C25H33N3O4/c1-31-20-12-10-19(11-13-20)22(28-16-6-3-7-17-28)18-27-24(29)14-15-26-25(30)21-8-4-5-9-23(21)32-2/h4-5,8-13,22H,3,6-7,14-18H2,1-2H3,(H,26,30)(H,27,29). The van der Waals surface area contributed by atoms with E-state index in [0.717, 1.165) is 24.4 Å². The van der Waals surface area contributed by atoms with E-state index in [9.17, 15) is 9.59 Å². The van der Waals surface area contributed by atoms with Crippen molar-refractivity contribution in [3.63, 3.8) is 0 Å². The molecule has 0 aliphatic carbocycles. The molecular formula is C25H33N3O4. The summed E-state index contributed by atoms with van der Waals surface area (Å²) in [6, 6.07) is 15.2. The number of hydrogen-bond donors (Lipinski definition) is 2. The second kappa shape index (κ2) is 12.1. The first-order valence-corrected chi connectivity index (χ1v) is 11.2. The fourth-order valence-electron chi connectivity index (χ4n) is 4.03. The number of hydrogen-bond acceptors (Lipinski definition) is 5. The van der Waals surface area contributed by atoms with E-state index in [1.807, 2.05) is 18.2 Å². The van der Waals surface area contributed by atoms with E-state index in [2.05, 4.69) is 27.7 Å². The van der Waals surface area contributed by atoms with Crippen LogP contribution in [0.3, 0.4) is 0 Å². The highest BCUT2D eigenvalue weighted by molar-refractivity contribution is 5.97. The van der Waals surface area contributed by atoms with Crippen molar-refractivity contribution in [2.24, 2.45) is 0 Å². The summed E-state index contributed by atoms with van der Waals surface area (Å²) in [5, 5.41) is 5.85. The predicted octanol–water partition coefficient (Wildman–Crippen LogP) is 3.17. The fraction of sp³-hybridized carbons (Fsp3) is 0.440. The van der Waals surface area contributed by atoms with Crippen LogP contribution in [0, 0.1) is 0 Å². The third-order valence-corrected chi connectivity index (χ3v) is 5.81. The molecule has 1 aliphatic heterocycles. The number of nitrogens with zero attached hydrogens (tertiary/aromatic N) is 1. The monoisotopic (exact) mass is 439 g/mol. The molecule has 0 spiro atoms. The zero-order chi connectivity index (χ0) is 22.8. The maximum Gasteiger partial charge on any atom is 0.255 e. The first kappa shape index (κ1) is 23.6. The van der Waals surface area contributed by atoms with Crippen LogP contribution in [0.2, 0.25) is 0 Å². The summed E-state index contributed by atoms with van der Waals surface area (Å²) in [5.41, 5.74) is 1.62. The number of likely N-dealkylation sites (tertiary alicyclic amines) is 1. The Morgan fingerprint density at radius 3 is 2.34 bits per heavy atom. The lowest BCUT2D eigenvalue weighted by Crippen LogP contribution is -2.41. The second-order valence-electron chi connectivity index (χ2n) is 7.90. The van der Waals surface area contributed by atoms with Gasteiger partial charge in [-0.15, -0.1) is 0 Å². The molecule has 1 saturated heterocycles. The number of nitrogens with one attached hydrogen (secondary N) is 2. The van der Waals surface area contributed by atoms with Crippen LogP contribution in [-0.4, -0.2) is 57.1 Å². The molecule has 1 aliphatic rings. The number of piperidine rings is 1. The van der Waals surface area contributed by atoms with Gasteiger partial charge in [-0.1, -0.05) is 30.7 Å². The van der Waals surface area contributed by atoms with Gasteiger partial charge < -0.3 is 20.1 Å². The summed E-state index contributed by atoms with van der Waals surface area (Å²) >= 11 is 0. The number of benzene rings is 2. The molecule has 2 aromatic carbocycles. The highest BCUT2D eigenvalue weighted by atomic mass is 16.5. The quantitative estimate of drug-likeness (QED) is 0.595. The molecule has 3 rings (SSSR count). The van der Waals surface area contributed by atoms with Gasteiger partial charge in [0.2, 0.25) is 5.91 Å². The van der Waals surface area contributed by atoms with Gasteiger partial charge in [0.15, 0.2) is 0 Å². The lowest BCUT2D eigenvalue weighted by Gasteiger charge is -2.35. The van der Waals surface area contributed by atoms with Crippen molar-refractivity contribution in [2.45, 2.75) is 31.7 Å². The van der Waals surface area contributed by atoms with Crippen molar-refractivity contribution in [1.82, 2.24) is 15.5 Å². The predicted molar refractivity (Wildman–Crippen MR) is 124 cm³/mol. The van der Waals surface area contributed by atoms with Gasteiger partial charge in [-0.3, -0.25) is 14.5 Å². The molecule has 1 fully saturated rings. The van der Waals surface area contributed by atoms with Gasteiger partial charge in [-0.05, 0) is 55.8 Å². The Morgan fingerprint density at radius 2 is 1.66 bits per heavy atom. The summed E-state index contributed by atoms with van der Waals surface area (Å²) in [6.07, 6.45) is 3.82. The Hall–Kier alpha value is -3.06. The van der Waals surface area contributed by atoms with E-state index in [1.165, 1.54) is 26.4 Å². The Bertz CT molecular complexity index is 879. The first-order chi connectivity index (χ1) is 15.6. The Balaban J connectivity index is 1.52. The zero-order valence-corrected chi connectivity index (χ0v) is 18.9. The average Bonchev–Trinajstić information content (AvgIpc) is 2.85. The summed E-state index contributed by atoms with van der Waals surface area (Å²) in [7, 11) is 3.19. The normalized spacial score (nSPS) is 14.9. The number of carbonyl (C=O) groups excluding carboxylic acids is 2. The Morgan fingerprint density at radius 1 is 0.938 bits per heavy atom. The maximum absolute atomic E-state index is 12.5. The fourth-order valence-corrected chi connectivity index (χ4v) is 4.03. The topological polar surface area (TPSA) is 79.9 Å². The molecule has 0 radical (unpaired) electrons. The highest BCUT2D eigenvalue weighted by Crippen LogP contribution is 2.26. The van der Waals surface area contributed by atoms with E-state index in [-0.39, 0.29) is 30.8 Å².